The Balaban J connectivity index is 1.08. The lowest BCUT2D eigenvalue weighted by molar-refractivity contribution is -0.138. The van der Waals surface area contributed by atoms with Crippen molar-refractivity contribution < 1.29 is 37.2 Å². The molecular weight excluding hydrogens is 676 g/mol. The van der Waals surface area contributed by atoms with Crippen molar-refractivity contribution in [3.05, 3.63) is 109 Å². The lowest BCUT2D eigenvalue weighted by Crippen LogP contribution is -2.46. The number of nitrogens with one attached hydrogen (secondary N) is 2. The van der Waals surface area contributed by atoms with Crippen molar-refractivity contribution in [2.45, 2.75) is 29.7 Å². The number of anilines is 4. The predicted molar refractivity (Wildman–Crippen MR) is 187 cm³/mol. The molecule has 15 heteroatoms. The topological polar surface area (TPSA) is 192 Å². The number of carbonyl (C=O) groups is 6. The van der Waals surface area contributed by atoms with E-state index in [0.29, 0.717) is 11.4 Å². The van der Waals surface area contributed by atoms with Crippen LogP contribution in [0.3, 0.4) is 0 Å². The molecule has 0 spiro atoms. The van der Waals surface area contributed by atoms with Gasteiger partial charge in [-0.15, -0.1) is 0 Å². The zero-order chi connectivity index (χ0) is 36.4. The second kappa shape index (κ2) is 13.7. The number of carbonyl (C=O) groups excluding carboxylic acids is 6. The number of amides is 3. The normalized spacial score (nSPS) is 17.1. The first kappa shape index (κ1) is 34.3. The lowest BCUT2D eigenvalue weighted by Gasteiger charge is -2.20. The molecule has 6 rings (SSSR count). The Morgan fingerprint density at radius 1 is 0.627 bits per heavy atom. The van der Waals surface area contributed by atoms with Gasteiger partial charge in [-0.3, -0.25) is 28.8 Å². The molecular formula is C36H28N6O8S. The molecule has 0 fully saturated rings. The molecule has 0 aromatic heterocycles. The van der Waals surface area contributed by atoms with Crippen LogP contribution in [0.4, 0.5) is 22.7 Å². The predicted octanol–water partition coefficient (Wildman–Crippen LogP) is 3.41. The van der Waals surface area contributed by atoms with Gasteiger partial charge >= 0.3 is 0 Å². The molecule has 0 radical (unpaired) electrons. The standard InChI is InChI=1S/C36H28N6O8S/c1-21-29(36(48)42(39-21)26-11-7-4-8-12-26)32(44)34(46)37-23-13-17-27(18-14-23)51(49,50)28-19-15-24(16-20-28)38-35(47)33(45)30-31(43)22(2)40-41(30)25-9-5-3-6-10-25/h3-20,29-30H,1-2H3,(H,37,46)(H,38,47)/t29-,30+/m0/s1. The summed E-state index contributed by atoms with van der Waals surface area (Å²) in [5.74, 6) is -6.89. The van der Waals surface area contributed by atoms with Gasteiger partial charge in [0.15, 0.2) is 6.04 Å². The van der Waals surface area contributed by atoms with E-state index in [1.54, 1.807) is 60.7 Å². The first-order valence-corrected chi connectivity index (χ1v) is 16.9. The van der Waals surface area contributed by atoms with Gasteiger partial charge in [0.1, 0.15) is 11.6 Å². The van der Waals surface area contributed by atoms with Crippen LogP contribution in [0, 0.1) is 5.92 Å². The molecule has 0 unspecified atom stereocenters. The summed E-state index contributed by atoms with van der Waals surface area (Å²) in [4.78, 5) is 77.1. The van der Waals surface area contributed by atoms with E-state index >= 15 is 0 Å². The van der Waals surface area contributed by atoms with Crippen molar-refractivity contribution in [3.63, 3.8) is 0 Å². The number of para-hydroxylation sites is 2. The summed E-state index contributed by atoms with van der Waals surface area (Å²) in [6, 6.07) is 25.5. The smallest absolute Gasteiger partial charge is 0.294 e. The highest BCUT2D eigenvalue weighted by molar-refractivity contribution is 7.91. The van der Waals surface area contributed by atoms with Gasteiger partial charge in [-0.25, -0.2) is 13.4 Å². The van der Waals surface area contributed by atoms with E-state index in [1.165, 1.54) is 67.4 Å². The number of hydrazone groups is 2. The number of sulfone groups is 1. The Bertz CT molecular complexity index is 2260. The molecule has 0 saturated carbocycles. The average molecular weight is 705 g/mol. The number of benzene rings is 4. The van der Waals surface area contributed by atoms with E-state index in [1.807, 2.05) is 0 Å². The number of ketones is 3. The first-order valence-electron chi connectivity index (χ1n) is 15.4. The second-order valence-electron chi connectivity index (χ2n) is 11.5. The van der Waals surface area contributed by atoms with Crippen LogP contribution in [0.1, 0.15) is 13.8 Å². The third-order valence-corrected chi connectivity index (χ3v) is 9.85. The summed E-state index contributed by atoms with van der Waals surface area (Å²) in [6.07, 6.45) is 0. The molecule has 2 aliphatic heterocycles. The van der Waals surface area contributed by atoms with Gasteiger partial charge in [-0.2, -0.15) is 15.2 Å². The van der Waals surface area contributed by atoms with Gasteiger partial charge in [-0.05, 0) is 86.6 Å². The SMILES string of the molecule is CC1=NN(c2ccccc2)[C@@H](C(=O)C(=O)Nc2ccc(S(=O)(=O)c3ccc(NC(=O)C(=O)[C@H]4C(=O)N(c5ccccc5)N=C4C)cc3)cc2)C1=O. The van der Waals surface area contributed by atoms with Crippen LogP contribution in [0.2, 0.25) is 0 Å². The minimum absolute atomic E-state index is 0.0738. The van der Waals surface area contributed by atoms with E-state index in [4.69, 9.17) is 0 Å². The quantitative estimate of drug-likeness (QED) is 0.184. The van der Waals surface area contributed by atoms with Crippen molar-refractivity contribution in [1.29, 1.82) is 0 Å². The molecule has 256 valence electrons. The summed E-state index contributed by atoms with van der Waals surface area (Å²) in [5, 5.41) is 15.3. The summed E-state index contributed by atoms with van der Waals surface area (Å²) >= 11 is 0. The van der Waals surface area contributed by atoms with Crippen molar-refractivity contribution >= 4 is 79.1 Å². The molecule has 4 aromatic carbocycles. The fourth-order valence-electron chi connectivity index (χ4n) is 5.43. The Hall–Kier alpha value is -6.61. The van der Waals surface area contributed by atoms with Crippen LogP contribution in [0.15, 0.2) is 129 Å². The van der Waals surface area contributed by atoms with Gasteiger partial charge in [0.05, 0.1) is 26.9 Å². The zero-order valence-corrected chi connectivity index (χ0v) is 27.8. The highest BCUT2D eigenvalue weighted by atomic mass is 32.2. The summed E-state index contributed by atoms with van der Waals surface area (Å²) in [6.45, 7) is 2.92. The van der Waals surface area contributed by atoms with E-state index in [0.717, 1.165) is 5.01 Å². The number of Topliss-reactive ketones (excluding diaryl/α,β-unsaturated/α-hetero) is 3. The zero-order valence-electron chi connectivity index (χ0n) is 27.0. The molecule has 4 aromatic rings. The second-order valence-corrected chi connectivity index (χ2v) is 13.4. The minimum atomic E-state index is -4.08. The van der Waals surface area contributed by atoms with Crippen LogP contribution in [0.5, 0.6) is 0 Å². The molecule has 14 nitrogen and oxygen atoms in total. The van der Waals surface area contributed by atoms with Crippen molar-refractivity contribution in [2.24, 2.45) is 16.1 Å². The molecule has 2 heterocycles. The summed E-state index contributed by atoms with van der Waals surface area (Å²) < 4.78 is 26.7. The maximum atomic E-state index is 13.3. The number of hydrogen-bond donors (Lipinski definition) is 2. The molecule has 51 heavy (non-hydrogen) atoms. The van der Waals surface area contributed by atoms with E-state index < -0.39 is 56.9 Å². The number of nitrogens with zero attached hydrogens (tertiary/aromatic N) is 4. The van der Waals surface area contributed by atoms with Gasteiger partial charge in [-0.1, -0.05) is 36.4 Å². The maximum Gasteiger partial charge on any atom is 0.294 e. The molecule has 0 saturated heterocycles. The summed E-state index contributed by atoms with van der Waals surface area (Å²) in [5.41, 5.74) is 1.35. The first-order chi connectivity index (χ1) is 24.4. The van der Waals surface area contributed by atoms with Gasteiger partial charge in [0.25, 0.3) is 23.5 Å². The molecule has 2 aliphatic rings. The maximum absolute atomic E-state index is 13.3. The van der Waals surface area contributed by atoms with Crippen LogP contribution < -0.4 is 20.7 Å². The Labute approximate surface area is 291 Å². The lowest BCUT2D eigenvalue weighted by atomic mass is 9.98. The fourth-order valence-corrected chi connectivity index (χ4v) is 6.69. The van der Waals surface area contributed by atoms with E-state index in [-0.39, 0.29) is 32.6 Å². The Morgan fingerprint density at radius 3 is 1.61 bits per heavy atom. The van der Waals surface area contributed by atoms with Crippen LogP contribution >= 0.6 is 0 Å². The average Bonchev–Trinajstić information content (AvgIpc) is 3.61. The van der Waals surface area contributed by atoms with Gasteiger partial charge < -0.3 is 10.6 Å². The minimum Gasteiger partial charge on any atom is -0.319 e. The van der Waals surface area contributed by atoms with Crippen molar-refractivity contribution in [2.75, 3.05) is 20.7 Å². The third kappa shape index (κ3) is 6.69. The van der Waals surface area contributed by atoms with Crippen molar-refractivity contribution in [3.8, 4) is 0 Å². The van der Waals surface area contributed by atoms with Crippen LogP contribution in [-0.2, 0) is 38.6 Å². The van der Waals surface area contributed by atoms with E-state index in [9.17, 15) is 37.2 Å². The van der Waals surface area contributed by atoms with E-state index in [2.05, 4.69) is 20.8 Å². The monoisotopic (exact) mass is 704 g/mol. The molecule has 2 N–H and O–H groups in total. The number of hydrogen-bond acceptors (Lipinski definition) is 11. The van der Waals surface area contributed by atoms with Crippen LogP contribution in [-0.4, -0.2) is 61.0 Å². The molecule has 0 aliphatic carbocycles. The Morgan fingerprint density at radius 2 is 1.10 bits per heavy atom. The highest BCUT2D eigenvalue weighted by Gasteiger charge is 2.44. The highest BCUT2D eigenvalue weighted by Crippen LogP contribution is 2.27. The Kier molecular flexibility index (Phi) is 9.22. The van der Waals surface area contributed by atoms with Gasteiger partial charge in [0, 0.05) is 11.4 Å². The fraction of sp³-hybridized carbons (Fsp3) is 0.111. The molecule has 3 amide bonds. The molecule has 2 atom stereocenters. The third-order valence-electron chi connectivity index (χ3n) is 8.06. The number of rotatable bonds is 10. The summed E-state index contributed by atoms with van der Waals surface area (Å²) in [7, 11) is -4.08. The molecule has 0 bridgehead atoms. The van der Waals surface area contributed by atoms with Crippen molar-refractivity contribution in [1.82, 2.24) is 0 Å². The van der Waals surface area contributed by atoms with Crippen LogP contribution in [0.25, 0.3) is 0 Å². The largest absolute Gasteiger partial charge is 0.319 e. The van der Waals surface area contributed by atoms with Gasteiger partial charge in [0.2, 0.25) is 21.4 Å².